The number of esters is 1. The zero-order valence-electron chi connectivity index (χ0n) is 16.8. The topological polar surface area (TPSA) is 115 Å². The fraction of sp³-hybridized carbons (Fsp3) is 0.143. The molecule has 8 nitrogen and oxygen atoms in total. The summed E-state index contributed by atoms with van der Waals surface area (Å²) in [6.07, 6.45) is 0. The second kappa shape index (κ2) is 10.3. The van der Waals surface area contributed by atoms with E-state index in [-0.39, 0.29) is 28.2 Å². The first-order chi connectivity index (χ1) is 15.3. The third-order valence-electron chi connectivity index (χ3n) is 4.01. The van der Waals surface area contributed by atoms with E-state index in [0.29, 0.717) is 16.3 Å². The molecular weight excluding hydrogens is 457 g/mol. The number of aromatic nitrogens is 2. The maximum atomic E-state index is 13.3. The number of carbonyl (C=O) groups is 2. The van der Waals surface area contributed by atoms with Gasteiger partial charge >= 0.3 is 5.97 Å². The molecule has 1 heterocycles. The van der Waals surface area contributed by atoms with Gasteiger partial charge in [0.25, 0.3) is 0 Å². The van der Waals surface area contributed by atoms with Crippen molar-refractivity contribution in [3.8, 4) is 0 Å². The molecule has 3 rings (SSSR count). The van der Waals surface area contributed by atoms with Crippen LogP contribution in [0.3, 0.4) is 0 Å². The minimum atomic E-state index is -4.01. The van der Waals surface area contributed by atoms with Crippen LogP contribution in [-0.4, -0.2) is 42.9 Å². The Hall–Kier alpha value is -3.31. The van der Waals surface area contributed by atoms with E-state index < -0.39 is 21.6 Å². The summed E-state index contributed by atoms with van der Waals surface area (Å²) in [5, 5.41) is 10.2. The lowest BCUT2D eigenvalue weighted by Gasteiger charge is -2.07. The molecule has 32 heavy (non-hydrogen) atoms. The van der Waals surface area contributed by atoms with Crippen LogP contribution in [0.2, 0.25) is 0 Å². The first kappa shape index (κ1) is 23.4. The van der Waals surface area contributed by atoms with E-state index in [9.17, 15) is 22.4 Å². The predicted molar refractivity (Wildman–Crippen MR) is 116 cm³/mol. The van der Waals surface area contributed by atoms with Crippen molar-refractivity contribution in [1.82, 2.24) is 10.2 Å². The zero-order valence-corrected chi connectivity index (χ0v) is 18.5. The zero-order chi connectivity index (χ0) is 23.1. The van der Waals surface area contributed by atoms with Crippen molar-refractivity contribution in [3.63, 3.8) is 0 Å². The number of sulfone groups is 1. The highest BCUT2D eigenvalue weighted by Crippen LogP contribution is 2.22. The molecule has 1 aromatic heterocycles. The monoisotopic (exact) mass is 475 g/mol. The van der Waals surface area contributed by atoms with Gasteiger partial charge < -0.3 is 10.1 Å². The molecule has 0 aliphatic rings. The summed E-state index contributed by atoms with van der Waals surface area (Å²) in [6.45, 7) is 1.95. The number of hydrogen-bond donors (Lipinski definition) is 1. The molecule has 1 N–H and O–H groups in total. The van der Waals surface area contributed by atoms with Gasteiger partial charge in [-0.1, -0.05) is 23.9 Å². The van der Waals surface area contributed by atoms with Crippen LogP contribution >= 0.6 is 11.8 Å². The van der Waals surface area contributed by atoms with E-state index in [1.54, 1.807) is 25.1 Å². The Bertz CT molecular complexity index is 1230. The third kappa shape index (κ3) is 5.89. The van der Waals surface area contributed by atoms with Crippen LogP contribution in [0.1, 0.15) is 17.3 Å². The normalized spacial score (nSPS) is 11.1. The molecule has 0 saturated carbocycles. The van der Waals surface area contributed by atoms with Crippen molar-refractivity contribution < 1.29 is 27.1 Å². The predicted octanol–water partition coefficient (Wildman–Crippen LogP) is 3.36. The van der Waals surface area contributed by atoms with Crippen molar-refractivity contribution in [3.05, 3.63) is 72.0 Å². The molecule has 1 amide bonds. The number of rotatable bonds is 8. The van der Waals surface area contributed by atoms with Crippen molar-refractivity contribution in [2.45, 2.75) is 21.9 Å². The van der Waals surface area contributed by atoms with Gasteiger partial charge in [-0.05, 0) is 55.5 Å². The number of halogens is 1. The molecular formula is C21H18FN3O5S2. The van der Waals surface area contributed by atoms with Crippen molar-refractivity contribution in [2.24, 2.45) is 0 Å². The molecule has 0 bridgehead atoms. The van der Waals surface area contributed by atoms with E-state index in [1.807, 2.05) is 0 Å². The SMILES string of the molecule is CCOC(=O)c1cccc(NC(=O)CSc2ccc(S(=O)(=O)c3cccc(F)c3)nn2)c1. The summed E-state index contributed by atoms with van der Waals surface area (Å²) in [5.41, 5.74) is 0.752. The fourth-order valence-corrected chi connectivity index (χ4v) is 4.33. The van der Waals surface area contributed by atoms with Crippen molar-refractivity contribution >= 4 is 39.2 Å². The summed E-state index contributed by atoms with van der Waals surface area (Å²) in [6, 6.07) is 13.6. The summed E-state index contributed by atoms with van der Waals surface area (Å²) in [7, 11) is -4.01. The number of benzene rings is 2. The third-order valence-corrected chi connectivity index (χ3v) is 6.57. The average molecular weight is 476 g/mol. The van der Waals surface area contributed by atoms with Gasteiger partial charge in [-0.25, -0.2) is 17.6 Å². The molecule has 11 heteroatoms. The molecule has 0 spiro atoms. The lowest BCUT2D eigenvalue weighted by molar-refractivity contribution is -0.113. The summed E-state index contributed by atoms with van der Waals surface area (Å²) < 4.78 is 43.3. The maximum Gasteiger partial charge on any atom is 0.338 e. The quantitative estimate of drug-likeness (QED) is 0.390. The highest BCUT2D eigenvalue weighted by atomic mass is 32.2. The van der Waals surface area contributed by atoms with Crippen LogP contribution in [0.25, 0.3) is 0 Å². The minimum Gasteiger partial charge on any atom is -0.462 e. The molecule has 0 fully saturated rings. The molecule has 0 radical (unpaired) electrons. The first-order valence-corrected chi connectivity index (χ1v) is 11.8. The summed E-state index contributed by atoms with van der Waals surface area (Å²) in [5.74, 6) is -1.53. The van der Waals surface area contributed by atoms with E-state index in [1.165, 1.54) is 30.3 Å². The van der Waals surface area contributed by atoms with E-state index >= 15 is 0 Å². The molecule has 0 aliphatic carbocycles. The van der Waals surface area contributed by atoms with Gasteiger partial charge in [0.05, 0.1) is 22.8 Å². The number of nitrogens with zero attached hydrogens (tertiary/aromatic N) is 2. The van der Waals surface area contributed by atoms with Gasteiger partial charge in [-0.15, -0.1) is 10.2 Å². The highest BCUT2D eigenvalue weighted by molar-refractivity contribution is 7.99. The molecule has 0 aliphatic heterocycles. The average Bonchev–Trinajstić information content (AvgIpc) is 2.78. The Morgan fingerprint density at radius 1 is 1.06 bits per heavy atom. The van der Waals surface area contributed by atoms with Crippen LogP contribution in [0.4, 0.5) is 10.1 Å². The largest absolute Gasteiger partial charge is 0.462 e. The van der Waals surface area contributed by atoms with Gasteiger partial charge in [0.2, 0.25) is 15.7 Å². The molecule has 166 valence electrons. The smallest absolute Gasteiger partial charge is 0.338 e. The number of carbonyl (C=O) groups excluding carboxylic acids is 2. The van der Waals surface area contributed by atoms with Crippen LogP contribution in [0.15, 0.2) is 75.6 Å². The van der Waals surface area contributed by atoms with Gasteiger partial charge in [-0.3, -0.25) is 4.79 Å². The number of thioether (sulfide) groups is 1. The Morgan fingerprint density at radius 3 is 2.53 bits per heavy atom. The van der Waals surface area contributed by atoms with E-state index in [2.05, 4.69) is 15.5 Å². The standard InChI is InChI=1S/C21H18FN3O5S2/c1-2-30-21(27)14-5-3-7-16(11-14)23-18(26)13-31-19-9-10-20(25-24-19)32(28,29)17-8-4-6-15(22)12-17/h3-12H,2,13H2,1H3,(H,23,26). The van der Waals surface area contributed by atoms with E-state index in [4.69, 9.17) is 4.74 Å². The fourth-order valence-electron chi connectivity index (χ4n) is 2.56. The second-order valence-corrected chi connectivity index (χ2v) is 9.20. The number of nitrogens with one attached hydrogen (secondary N) is 1. The number of ether oxygens (including phenoxy) is 1. The van der Waals surface area contributed by atoms with Crippen molar-refractivity contribution in [2.75, 3.05) is 17.7 Å². The Morgan fingerprint density at radius 2 is 1.84 bits per heavy atom. The molecule has 0 saturated heterocycles. The molecule has 2 aromatic carbocycles. The number of anilines is 1. The minimum absolute atomic E-state index is 0.0195. The first-order valence-electron chi connectivity index (χ1n) is 9.34. The lowest BCUT2D eigenvalue weighted by atomic mass is 10.2. The van der Waals surface area contributed by atoms with Crippen LogP contribution in [0.5, 0.6) is 0 Å². The molecule has 0 unspecified atom stereocenters. The summed E-state index contributed by atoms with van der Waals surface area (Å²) in [4.78, 5) is 23.8. The van der Waals surface area contributed by atoms with Crippen LogP contribution in [-0.2, 0) is 19.4 Å². The Kier molecular flexibility index (Phi) is 7.54. The molecule has 3 aromatic rings. The number of hydrogen-bond acceptors (Lipinski definition) is 8. The van der Waals surface area contributed by atoms with E-state index in [0.717, 1.165) is 23.9 Å². The lowest BCUT2D eigenvalue weighted by Crippen LogP contribution is -2.15. The van der Waals surface area contributed by atoms with Crippen LogP contribution < -0.4 is 5.32 Å². The second-order valence-electron chi connectivity index (χ2n) is 6.31. The van der Waals surface area contributed by atoms with Crippen molar-refractivity contribution in [1.29, 1.82) is 0 Å². The Balaban J connectivity index is 1.60. The summed E-state index contributed by atoms with van der Waals surface area (Å²) >= 11 is 1.05. The van der Waals surface area contributed by atoms with Gasteiger partial charge in [0.15, 0.2) is 5.03 Å². The van der Waals surface area contributed by atoms with Gasteiger partial charge in [0.1, 0.15) is 10.8 Å². The van der Waals surface area contributed by atoms with Crippen LogP contribution in [0, 0.1) is 5.82 Å². The number of amides is 1. The maximum absolute atomic E-state index is 13.3. The Labute approximate surface area is 188 Å². The highest BCUT2D eigenvalue weighted by Gasteiger charge is 2.20. The molecule has 0 atom stereocenters. The van der Waals surface area contributed by atoms with Gasteiger partial charge in [0, 0.05) is 5.69 Å². The van der Waals surface area contributed by atoms with Gasteiger partial charge in [-0.2, -0.15) is 0 Å².